The highest BCUT2D eigenvalue weighted by Crippen LogP contribution is 2.18. The average Bonchev–Trinajstić information content (AvgIpc) is 2.36. The minimum Gasteiger partial charge on any atom is -0.481 e. The molecule has 6 nitrogen and oxygen atoms in total. The van der Waals surface area contributed by atoms with Crippen LogP contribution >= 0.6 is 0 Å². The molecule has 0 saturated carbocycles. The Morgan fingerprint density at radius 3 is 2.37 bits per heavy atom. The van der Waals surface area contributed by atoms with Crippen LogP contribution < -0.4 is 5.32 Å². The number of carbonyl (C=O) groups excluding carboxylic acids is 1. The van der Waals surface area contributed by atoms with Crippen LogP contribution in [0.4, 0.5) is 5.69 Å². The lowest BCUT2D eigenvalue weighted by molar-refractivity contribution is -0.138. The summed E-state index contributed by atoms with van der Waals surface area (Å²) in [7, 11) is 0. The third-order valence-corrected chi connectivity index (χ3v) is 2.56. The summed E-state index contributed by atoms with van der Waals surface area (Å²) < 4.78 is 0. The van der Waals surface area contributed by atoms with Crippen molar-refractivity contribution in [2.75, 3.05) is 5.32 Å². The summed E-state index contributed by atoms with van der Waals surface area (Å²) in [6, 6.07) is 4.73. The number of nitrogens with one attached hydrogen (secondary N) is 1. The SMILES string of the molecule is CCc1ccc(NC(=O)CCC(=O)O)c(C(=O)O)c1. The quantitative estimate of drug-likeness (QED) is 0.727. The van der Waals surface area contributed by atoms with Crippen LogP contribution in [0.2, 0.25) is 0 Å². The van der Waals surface area contributed by atoms with E-state index in [9.17, 15) is 14.4 Å². The van der Waals surface area contributed by atoms with E-state index < -0.39 is 17.8 Å². The first-order chi connectivity index (χ1) is 8.93. The second-order valence-corrected chi connectivity index (χ2v) is 3.98. The van der Waals surface area contributed by atoms with Crippen molar-refractivity contribution in [2.45, 2.75) is 26.2 Å². The number of aromatic carboxylic acids is 1. The first-order valence-electron chi connectivity index (χ1n) is 5.82. The normalized spacial score (nSPS) is 9.95. The van der Waals surface area contributed by atoms with Gasteiger partial charge in [0.1, 0.15) is 0 Å². The molecule has 0 aliphatic heterocycles. The predicted octanol–water partition coefficient (Wildman–Crippen LogP) is 1.75. The van der Waals surface area contributed by atoms with E-state index in [1.165, 1.54) is 12.1 Å². The molecule has 0 unspecified atom stereocenters. The van der Waals surface area contributed by atoms with Gasteiger partial charge in [-0.05, 0) is 24.1 Å². The van der Waals surface area contributed by atoms with Gasteiger partial charge in [0.15, 0.2) is 0 Å². The molecular weight excluding hydrogens is 250 g/mol. The molecule has 0 spiro atoms. The number of hydrogen-bond donors (Lipinski definition) is 3. The van der Waals surface area contributed by atoms with Crippen LogP contribution in [0.3, 0.4) is 0 Å². The number of aliphatic carboxylic acids is 1. The summed E-state index contributed by atoms with van der Waals surface area (Å²) in [5.41, 5.74) is 1.03. The van der Waals surface area contributed by atoms with Gasteiger partial charge in [0.2, 0.25) is 5.91 Å². The average molecular weight is 265 g/mol. The molecule has 102 valence electrons. The van der Waals surface area contributed by atoms with Crippen molar-refractivity contribution in [3.8, 4) is 0 Å². The molecule has 0 fully saturated rings. The maximum absolute atomic E-state index is 11.5. The molecule has 0 aromatic heterocycles. The van der Waals surface area contributed by atoms with Crippen molar-refractivity contribution >= 4 is 23.5 Å². The molecular formula is C13H15NO5. The van der Waals surface area contributed by atoms with Crippen molar-refractivity contribution in [2.24, 2.45) is 0 Å². The number of benzene rings is 1. The fraction of sp³-hybridized carbons (Fsp3) is 0.308. The Morgan fingerprint density at radius 2 is 1.84 bits per heavy atom. The first-order valence-corrected chi connectivity index (χ1v) is 5.82. The number of anilines is 1. The van der Waals surface area contributed by atoms with Gasteiger partial charge >= 0.3 is 11.9 Å². The third-order valence-electron chi connectivity index (χ3n) is 2.56. The van der Waals surface area contributed by atoms with Crippen molar-refractivity contribution in [1.82, 2.24) is 0 Å². The molecule has 0 atom stereocenters. The van der Waals surface area contributed by atoms with E-state index in [1.54, 1.807) is 6.07 Å². The van der Waals surface area contributed by atoms with E-state index in [4.69, 9.17) is 10.2 Å². The zero-order chi connectivity index (χ0) is 14.4. The lowest BCUT2D eigenvalue weighted by Crippen LogP contribution is -2.15. The van der Waals surface area contributed by atoms with Crippen LogP contribution in [-0.4, -0.2) is 28.1 Å². The highest BCUT2D eigenvalue weighted by Gasteiger charge is 2.13. The zero-order valence-electron chi connectivity index (χ0n) is 10.5. The monoisotopic (exact) mass is 265 g/mol. The molecule has 1 aromatic carbocycles. The zero-order valence-corrected chi connectivity index (χ0v) is 10.5. The van der Waals surface area contributed by atoms with Crippen LogP contribution in [0.15, 0.2) is 18.2 Å². The van der Waals surface area contributed by atoms with Crippen molar-refractivity contribution in [3.63, 3.8) is 0 Å². The molecule has 0 radical (unpaired) electrons. The minimum absolute atomic E-state index is 0.00280. The predicted molar refractivity (Wildman–Crippen MR) is 68.3 cm³/mol. The standard InChI is InChI=1S/C13H15NO5/c1-2-8-3-4-10(9(7-8)13(18)19)14-11(15)5-6-12(16)17/h3-4,7H,2,5-6H2,1H3,(H,14,15)(H,16,17)(H,18,19). The van der Waals surface area contributed by atoms with E-state index >= 15 is 0 Å². The number of rotatable bonds is 6. The van der Waals surface area contributed by atoms with Gasteiger partial charge in [-0.25, -0.2) is 4.79 Å². The smallest absolute Gasteiger partial charge is 0.337 e. The molecule has 3 N–H and O–H groups in total. The summed E-state index contributed by atoms with van der Waals surface area (Å²) in [6.45, 7) is 1.89. The lowest BCUT2D eigenvalue weighted by atomic mass is 10.1. The van der Waals surface area contributed by atoms with Gasteiger partial charge in [-0.1, -0.05) is 13.0 Å². The molecule has 0 aliphatic carbocycles. The van der Waals surface area contributed by atoms with Gasteiger partial charge in [0, 0.05) is 6.42 Å². The number of carbonyl (C=O) groups is 3. The van der Waals surface area contributed by atoms with Gasteiger partial charge in [0.05, 0.1) is 17.7 Å². The Morgan fingerprint density at radius 1 is 1.16 bits per heavy atom. The fourth-order valence-electron chi connectivity index (χ4n) is 1.53. The Hall–Kier alpha value is -2.37. The van der Waals surface area contributed by atoms with E-state index in [2.05, 4.69) is 5.32 Å². The highest BCUT2D eigenvalue weighted by molar-refractivity contribution is 6.01. The van der Waals surface area contributed by atoms with Crippen LogP contribution in [0.5, 0.6) is 0 Å². The highest BCUT2D eigenvalue weighted by atomic mass is 16.4. The van der Waals surface area contributed by atoms with E-state index in [0.717, 1.165) is 5.56 Å². The van der Waals surface area contributed by atoms with Crippen LogP contribution in [0.1, 0.15) is 35.7 Å². The summed E-state index contributed by atoms with van der Waals surface area (Å²) in [4.78, 5) is 32.9. The Labute approximate surface area is 110 Å². The van der Waals surface area contributed by atoms with Gasteiger partial charge in [-0.2, -0.15) is 0 Å². The van der Waals surface area contributed by atoms with Gasteiger partial charge < -0.3 is 15.5 Å². The van der Waals surface area contributed by atoms with Gasteiger partial charge in [0.25, 0.3) is 0 Å². The summed E-state index contributed by atoms with van der Waals surface area (Å²) >= 11 is 0. The van der Waals surface area contributed by atoms with E-state index in [0.29, 0.717) is 6.42 Å². The molecule has 1 aromatic rings. The molecule has 0 heterocycles. The largest absolute Gasteiger partial charge is 0.481 e. The number of amides is 1. The van der Waals surface area contributed by atoms with Crippen LogP contribution in [-0.2, 0) is 16.0 Å². The van der Waals surface area contributed by atoms with E-state index in [-0.39, 0.29) is 24.1 Å². The molecule has 0 saturated heterocycles. The fourth-order valence-corrected chi connectivity index (χ4v) is 1.53. The van der Waals surface area contributed by atoms with Crippen LogP contribution in [0, 0.1) is 0 Å². The van der Waals surface area contributed by atoms with Gasteiger partial charge in [-0.3, -0.25) is 9.59 Å². The molecule has 1 rings (SSSR count). The molecule has 0 aliphatic rings. The number of carboxylic acid groups (broad SMARTS) is 2. The number of hydrogen-bond acceptors (Lipinski definition) is 3. The number of carboxylic acids is 2. The molecule has 6 heteroatoms. The number of aryl methyl sites for hydroxylation is 1. The Kier molecular flexibility index (Phi) is 5.05. The van der Waals surface area contributed by atoms with Crippen LogP contribution in [0.25, 0.3) is 0 Å². The van der Waals surface area contributed by atoms with E-state index in [1.807, 2.05) is 6.92 Å². The molecule has 19 heavy (non-hydrogen) atoms. The second-order valence-electron chi connectivity index (χ2n) is 3.98. The maximum Gasteiger partial charge on any atom is 0.337 e. The second kappa shape index (κ2) is 6.53. The van der Waals surface area contributed by atoms with Crippen molar-refractivity contribution in [1.29, 1.82) is 0 Å². The Balaban J connectivity index is 2.85. The lowest BCUT2D eigenvalue weighted by Gasteiger charge is -2.09. The van der Waals surface area contributed by atoms with Gasteiger partial charge in [-0.15, -0.1) is 0 Å². The van der Waals surface area contributed by atoms with Crippen molar-refractivity contribution in [3.05, 3.63) is 29.3 Å². The van der Waals surface area contributed by atoms with Crippen molar-refractivity contribution < 1.29 is 24.6 Å². The summed E-state index contributed by atoms with van der Waals surface area (Å²) in [5.74, 6) is -2.73. The minimum atomic E-state index is -1.14. The maximum atomic E-state index is 11.5. The topological polar surface area (TPSA) is 104 Å². The molecule has 0 bridgehead atoms. The summed E-state index contributed by atoms with van der Waals surface area (Å²) in [6.07, 6.45) is 0.207. The molecule has 1 amide bonds. The third kappa shape index (κ3) is 4.42. The Bertz CT molecular complexity index is 510. The first kappa shape index (κ1) is 14.7. The summed E-state index contributed by atoms with van der Waals surface area (Å²) in [5, 5.41) is 20.0.